The molecule has 1 fully saturated rings. The van der Waals surface area contributed by atoms with Gasteiger partial charge in [-0.15, -0.1) is 0 Å². The van der Waals surface area contributed by atoms with Crippen molar-refractivity contribution in [3.05, 3.63) is 35.4 Å². The van der Waals surface area contributed by atoms with Crippen molar-refractivity contribution < 1.29 is 10.0 Å². The number of carbonyl (C=O) groups is 1. The molecule has 0 unspecified atom stereocenters. The number of hydrogen-bond acceptors (Lipinski definition) is 4. The van der Waals surface area contributed by atoms with Crippen LogP contribution < -0.4 is 5.48 Å². The Morgan fingerprint density at radius 1 is 1.25 bits per heavy atom. The summed E-state index contributed by atoms with van der Waals surface area (Å²) in [6.07, 6.45) is 0. The van der Waals surface area contributed by atoms with E-state index in [9.17, 15) is 4.79 Å². The Kier molecular flexibility index (Phi) is 4.75. The lowest BCUT2D eigenvalue weighted by Crippen LogP contribution is -2.54. The third-order valence-corrected chi connectivity index (χ3v) is 4.16. The minimum absolute atomic E-state index is 0.469. The molecule has 2 atom stereocenters. The highest BCUT2D eigenvalue weighted by Gasteiger charge is 2.26. The first-order chi connectivity index (χ1) is 9.51. The SMILES string of the molecule is C[C@@H]1CN(Cc2ccc(C(=O)NO)cc2)C[C@@H](C)N1C. The van der Waals surface area contributed by atoms with Gasteiger partial charge in [0.2, 0.25) is 0 Å². The summed E-state index contributed by atoms with van der Waals surface area (Å²) in [7, 11) is 2.18. The monoisotopic (exact) mass is 277 g/mol. The quantitative estimate of drug-likeness (QED) is 0.646. The second-order valence-corrected chi connectivity index (χ2v) is 5.70. The van der Waals surface area contributed by atoms with Gasteiger partial charge in [0.15, 0.2) is 0 Å². The summed E-state index contributed by atoms with van der Waals surface area (Å²) >= 11 is 0. The largest absolute Gasteiger partial charge is 0.298 e. The van der Waals surface area contributed by atoms with E-state index in [1.54, 1.807) is 17.6 Å². The lowest BCUT2D eigenvalue weighted by Gasteiger charge is -2.42. The molecule has 1 amide bonds. The van der Waals surface area contributed by atoms with Crippen LogP contribution in [0.4, 0.5) is 0 Å². The molecule has 1 saturated heterocycles. The Morgan fingerprint density at radius 2 is 1.80 bits per heavy atom. The van der Waals surface area contributed by atoms with Crippen LogP contribution in [0.2, 0.25) is 0 Å². The molecular formula is C15H23N3O2. The van der Waals surface area contributed by atoms with Crippen LogP contribution in [0.25, 0.3) is 0 Å². The first kappa shape index (κ1) is 15.0. The highest BCUT2D eigenvalue weighted by molar-refractivity contribution is 5.93. The maximum Gasteiger partial charge on any atom is 0.274 e. The molecule has 2 N–H and O–H groups in total. The fourth-order valence-corrected chi connectivity index (χ4v) is 2.73. The Hall–Kier alpha value is -1.43. The lowest BCUT2D eigenvalue weighted by molar-refractivity contribution is 0.0556. The van der Waals surface area contributed by atoms with E-state index in [2.05, 4.69) is 30.7 Å². The van der Waals surface area contributed by atoms with Crippen molar-refractivity contribution in [2.45, 2.75) is 32.5 Å². The molecule has 0 radical (unpaired) electrons. The van der Waals surface area contributed by atoms with Crippen molar-refractivity contribution in [1.82, 2.24) is 15.3 Å². The fraction of sp³-hybridized carbons (Fsp3) is 0.533. The standard InChI is InChI=1S/C15H23N3O2/c1-11-8-18(9-12(2)17(11)3)10-13-4-6-14(7-5-13)15(19)16-20/h4-7,11-12,20H,8-10H2,1-3H3,(H,16,19)/t11-,12-/m1/s1. The molecule has 0 aliphatic carbocycles. The Morgan fingerprint density at radius 3 is 2.30 bits per heavy atom. The van der Waals surface area contributed by atoms with Gasteiger partial charge in [-0.2, -0.15) is 0 Å². The lowest BCUT2D eigenvalue weighted by atomic mass is 10.1. The van der Waals surface area contributed by atoms with Gasteiger partial charge in [-0.3, -0.25) is 19.8 Å². The van der Waals surface area contributed by atoms with Gasteiger partial charge in [-0.1, -0.05) is 12.1 Å². The van der Waals surface area contributed by atoms with E-state index in [1.807, 2.05) is 12.1 Å². The molecule has 20 heavy (non-hydrogen) atoms. The molecule has 1 aliphatic rings. The maximum absolute atomic E-state index is 11.3. The van der Waals surface area contributed by atoms with Crippen LogP contribution in [-0.2, 0) is 6.54 Å². The van der Waals surface area contributed by atoms with Crippen LogP contribution in [0.1, 0.15) is 29.8 Å². The third kappa shape index (κ3) is 3.36. The fourth-order valence-electron chi connectivity index (χ4n) is 2.73. The first-order valence-electron chi connectivity index (χ1n) is 6.99. The molecule has 0 saturated carbocycles. The van der Waals surface area contributed by atoms with E-state index >= 15 is 0 Å². The van der Waals surface area contributed by atoms with Gasteiger partial charge in [0, 0.05) is 37.3 Å². The van der Waals surface area contributed by atoms with E-state index in [1.165, 1.54) is 5.56 Å². The van der Waals surface area contributed by atoms with Crippen molar-refractivity contribution in [2.75, 3.05) is 20.1 Å². The van der Waals surface area contributed by atoms with Crippen molar-refractivity contribution in [3.63, 3.8) is 0 Å². The van der Waals surface area contributed by atoms with Gasteiger partial charge in [-0.05, 0) is 38.6 Å². The zero-order chi connectivity index (χ0) is 14.7. The predicted molar refractivity (Wildman–Crippen MR) is 77.7 cm³/mol. The van der Waals surface area contributed by atoms with E-state index < -0.39 is 5.91 Å². The first-order valence-corrected chi connectivity index (χ1v) is 6.99. The van der Waals surface area contributed by atoms with Gasteiger partial charge in [0.1, 0.15) is 0 Å². The second-order valence-electron chi connectivity index (χ2n) is 5.70. The highest BCUT2D eigenvalue weighted by Crippen LogP contribution is 2.16. The number of benzene rings is 1. The second kappa shape index (κ2) is 6.35. The number of piperazine rings is 1. The van der Waals surface area contributed by atoms with Gasteiger partial charge in [0.05, 0.1) is 0 Å². The number of likely N-dealkylation sites (N-methyl/N-ethyl adjacent to an activating group) is 1. The summed E-state index contributed by atoms with van der Waals surface area (Å²) in [5, 5.41) is 8.59. The normalized spacial score (nSPS) is 24.6. The molecule has 5 heteroatoms. The summed E-state index contributed by atoms with van der Waals surface area (Å²) < 4.78 is 0. The molecular weight excluding hydrogens is 254 g/mol. The van der Waals surface area contributed by atoms with E-state index in [0.717, 1.165) is 19.6 Å². The molecule has 2 rings (SSSR count). The molecule has 0 spiro atoms. The Bertz CT molecular complexity index is 449. The number of nitrogens with one attached hydrogen (secondary N) is 1. The van der Waals surface area contributed by atoms with Crippen LogP contribution in [0.5, 0.6) is 0 Å². The van der Waals surface area contributed by atoms with Crippen molar-refractivity contribution in [1.29, 1.82) is 0 Å². The van der Waals surface area contributed by atoms with E-state index in [-0.39, 0.29) is 0 Å². The van der Waals surface area contributed by atoms with Gasteiger partial charge >= 0.3 is 0 Å². The summed E-state index contributed by atoms with van der Waals surface area (Å²) in [4.78, 5) is 16.1. The van der Waals surface area contributed by atoms with Gasteiger partial charge < -0.3 is 0 Å². The number of nitrogens with zero attached hydrogens (tertiary/aromatic N) is 2. The molecule has 0 aromatic heterocycles. The maximum atomic E-state index is 11.3. The Labute approximate surface area is 120 Å². The van der Waals surface area contributed by atoms with Crippen LogP contribution in [-0.4, -0.2) is 53.1 Å². The topological polar surface area (TPSA) is 55.8 Å². The van der Waals surface area contributed by atoms with E-state index in [4.69, 9.17) is 5.21 Å². The summed E-state index contributed by atoms with van der Waals surface area (Å²) in [5.41, 5.74) is 3.30. The van der Waals surface area contributed by atoms with Crippen LogP contribution in [0, 0.1) is 0 Å². The molecule has 1 heterocycles. The number of hydrogen-bond donors (Lipinski definition) is 2. The highest BCUT2D eigenvalue weighted by atomic mass is 16.5. The molecule has 110 valence electrons. The number of amides is 1. The Balaban J connectivity index is 1.98. The van der Waals surface area contributed by atoms with Gasteiger partial charge in [0.25, 0.3) is 5.91 Å². The van der Waals surface area contributed by atoms with Crippen LogP contribution in [0.15, 0.2) is 24.3 Å². The predicted octanol–water partition coefficient (Wildman–Crippen LogP) is 1.33. The summed E-state index contributed by atoms with van der Waals surface area (Å²) in [5.74, 6) is -0.474. The number of hydroxylamine groups is 1. The minimum Gasteiger partial charge on any atom is -0.298 e. The van der Waals surface area contributed by atoms with E-state index in [0.29, 0.717) is 17.6 Å². The van der Waals surface area contributed by atoms with Crippen LogP contribution in [0.3, 0.4) is 0 Å². The average molecular weight is 277 g/mol. The van der Waals surface area contributed by atoms with Crippen molar-refractivity contribution in [2.24, 2.45) is 0 Å². The number of rotatable bonds is 3. The molecule has 0 bridgehead atoms. The molecule has 5 nitrogen and oxygen atoms in total. The van der Waals surface area contributed by atoms with Gasteiger partial charge in [-0.25, -0.2) is 5.48 Å². The molecule has 1 aromatic rings. The summed E-state index contributed by atoms with van der Waals surface area (Å²) in [6, 6.07) is 8.47. The molecule has 1 aliphatic heterocycles. The zero-order valence-electron chi connectivity index (χ0n) is 12.3. The third-order valence-electron chi connectivity index (χ3n) is 4.16. The minimum atomic E-state index is -0.474. The van der Waals surface area contributed by atoms with Crippen molar-refractivity contribution >= 4 is 5.91 Å². The average Bonchev–Trinajstić information content (AvgIpc) is 2.44. The van der Waals surface area contributed by atoms with Crippen molar-refractivity contribution in [3.8, 4) is 0 Å². The number of carbonyl (C=O) groups excluding carboxylic acids is 1. The summed E-state index contributed by atoms with van der Waals surface area (Å²) in [6.45, 7) is 7.50. The zero-order valence-corrected chi connectivity index (χ0v) is 12.3. The molecule has 1 aromatic carbocycles. The van der Waals surface area contributed by atoms with Crippen LogP contribution >= 0.6 is 0 Å². The smallest absolute Gasteiger partial charge is 0.274 e.